The van der Waals surface area contributed by atoms with E-state index in [0.717, 1.165) is 77.9 Å². The zero-order valence-corrected chi connectivity index (χ0v) is 26.1. The average Bonchev–Trinajstić information content (AvgIpc) is 3.14. The van der Waals surface area contributed by atoms with E-state index in [1.165, 1.54) is 9.79 Å². The standard InChI is InChI=1S/C42H22N4OS/c43-23-27-18-26-20-30(46-35-11-3-7-15-39(35)48-40-16-8-4-12-36(40)46)22-32-28(24-44)17-25-19-29(21-31(27)41(25)42(26)32)45-33-9-1-5-13-37(33)47-38-14-6-2-10-34(38)45/h1-22H. The SMILES string of the molecule is N#Cc1cc2cc(N3c4ccccc4Sc4ccccc43)cc3c(C#N)cc4cc(N5c6ccccc6Oc6ccccc65)cc1c4c23. The van der Waals surface area contributed by atoms with Crippen molar-refractivity contribution < 1.29 is 4.74 Å². The molecule has 10 rings (SSSR count). The molecule has 222 valence electrons. The fourth-order valence-electron chi connectivity index (χ4n) is 7.38. The zero-order valence-electron chi connectivity index (χ0n) is 25.3. The highest BCUT2D eigenvalue weighted by molar-refractivity contribution is 7.99. The van der Waals surface area contributed by atoms with Crippen LogP contribution < -0.4 is 14.5 Å². The molecule has 0 aliphatic carbocycles. The molecular formula is C42H22N4OS. The largest absolute Gasteiger partial charge is 0.453 e. The Bertz CT molecular complexity index is 2460. The molecule has 0 amide bonds. The van der Waals surface area contributed by atoms with Crippen molar-refractivity contribution in [1.82, 2.24) is 0 Å². The Hall–Kier alpha value is -6.47. The van der Waals surface area contributed by atoms with E-state index >= 15 is 0 Å². The van der Waals surface area contributed by atoms with Crippen molar-refractivity contribution >= 4 is 78.2 Å². The van der Waals surface area contributed by atoms with Gasteiger partial charge in [-0.05, 0) is 106 Å². The van der Waals surface area contributed by atoms with E-state index in [4.69, 9.17) is 4.74 Å². The molecule has 0 spiro atoms. The predicted octanol–water partition coefficient (Wildman–Crippen LogP) is 11.8. The molecule has 0 bridgehead atoms. The third kappa shape index (κ3) is 3.72. The van der Waals surface area contributed by atoms with E-state index in [2.05, 4.69) is 94.7 Å². The van der Waals surface area contributed by atoms with Crippen LogP contribution in [-0.4, -0.2) is 0 Å². The maximum Gasteiger partial charge on any atom is 0.151 e. The first-order chi connectivity index (χ1) is 23.7. The highest BCUT2D eigenvalue weighted by atomic mass is 32.2. The maximum atomic E-state index is 10.6. The minimum absolute atomic E-state index is 0.585. The summed E-state index contributed by atoms with van der Waals surface area (Å²) < 4.78 is 6.27. The maximum absolute atomic E-state index is 10.6. The number of rotatable bonds is 2. The molecule has 2 aliphatic heterocycles. The molecule has 0 radical (unpaired) electrons. The molecule has 0 N–H and O–H groups in total. The van der Waals surface area contributed by atoms with Gasteiger partial charge in [-0.3, -0.25) is 0 Å². The number of para-hydroxylation sites is 6. The number of anilines is 6. The second kappa shape index (κ2) is 10.0. The fraction of sp³-hybridized carbons (Fsp3) is 0. The summed E-state index contributed by atoms with van der Waals surface area (Å²) >= 11 is 1.76. The lowest BCUT2D eigenvalue weighted by Gasteiger charge is -2.34. The second-order valence-corrected chi connectivity index (χ2v) is 13.1. The molecule has 2 aliphatic rings. The van der Waals surface area contributed by atoms with Crippen molar-refractivity contribution in [3.63, 3.8) is 0 Å². The van der Waals surface area contributed by atoms with Crippen LogP contribution in [0.3, 0.4) is 0 Å². The third-order valence-corrected chi connectivity index (χ3v) is 10.5. The number of nitrogens with zero attached hydrogens (tertiary/aromatic N) is 4. The van der Waals surface area contributed by atoms with Gasteiger partial charge in [-0.1, -0.05) is 60.3 Å². The Balaban J connectivity index is 1.26. The van der Waals surface area contributed by atoms with Crippen LogP contribution in [0.2, 0.25) is 0 Å². The quantitative estimate of drug-likeness (QED) is 0.177. The highest BCUT2D eigenvalue weighted by Gasteiger charge is 2.29. The molecule has 6 heteroatoms. The average molecular weight is 631 g/mol. The Labute approximate surface area is 280 Å². The Morgan fingerprint density at radius 1 is 0.479 bits per heavy atom. The smallest absolute Gasteiger partial charge is 0.151 e. The summed E-state index contributed by atoms with van der Waals surface area (Å²) in [4.78, 5) is 6.78. The van der Waals surface area contributed by atoms with Gasteiger partial charge in [0.15, 0.2) is 11.5 Å². The van der Waals surface area contributed by atoms with Gasteiger partial charge in [-0.2, -0.15) is 10.5 Å². The monoisotopic (exact) mass is 630 g/mol. The van der Waals surface area contributed by atoms with Gasteiger partial charge in [0.05, 0.1) is 46.0 Å². The molecule has 8 aromatic carbocycles. The first-order valence-corrected chi connectivity index (χ1v) is 16.4. The van der Waals surface area contributed by atoms with Crippen LogP contribution in [0.5, 0.6) is 11.5 Å². The summed E-state index contributed by atoms with van der Waals surface area (Å²) in [6.07, 6.45) is 0. The normalized spacial score (nSPS) is 13.0. The molecule has 0 fully saturated rings. The van der Waals surface area contributed by atoms with Crippen molar-refractivity contribution in [2.24, 2.45) is 0 Å². The van der Waals surface area contributed by atoms with E-state index in [9.17, 15) is 10.5 Å². The fourth-order valence-corrected chi connectivity index (χ4v) is 8.44. The summed E-state index contributed by atoms with van der Waals surface area (Å²) in [7, 11) is 0. The molecule has 0 aromatic heterocycles. The van der Waals surface area contributed by atoms with Crippen molar-refractivity contribution in [2.75, 3.05) is 9.80 Å². The Morgan fingerprint density at radius 2 is 0.896 bits per heavy atom. The predicted molar refractivity (Wildman–Crippen MR) is 193 cm³/mol. The van der Waals surface area contributed by atoms with Crippen molar-refractivity contribution in [3.05, 3.63) is 145 Å². The van der Waals surface area contributed by atoms with E-state index in [0.29, 0.717) is 11.1 Å². The lowest BCUT2D eigenvalue weighted by Crippen LogP contribution is -2.16. The van der Waals surface area contributed by atoms with Gasteiger partial charge in [-0.25, -0.2) is 0 Å². The Kier molecular flexibility index (Phi) is 5.57. The number of benzene rings is 8. The van der Waals surface area contributed by atoms with Gasteiger partial charge in [0.25, 0.3) is 0 Å². The number of nitriles is 2. The molecule has 5 nitrogen and oxygen atoms in total. The minimum atomic E-state index is 0.585. The van der Waals surface area contributed by atoms with Gasteiger partial charge in [0, 0.05) is 31.9 Å². The summed E-state index contributed by atoms with van der Waals surface area (Å²) in [6, 6.07) is 50.3. The number of hydrogen-bond donors (Lipinski definition) is 0. The van der Waals surface area contributed by atoms with Crippen LogP contribution >= 0.6 is 11.8 Å². The summed E-state index contributed by atoms with van der Waals surface area (Å²) in [5.74, 6) is 1.51. The minimum Gasteiger partial charge on any atom is -0.453 e. The number of ether oxygens (including phenoxy) is 1. The lowest BCUT2D eigenvalue weighted by molar-refractivity contribution is 0.477. The number of hydrogen-bond acceptors (Lipinski definition) is 6. The Morgan fingerprint density at radius 3 is 1.38 bits per heavy atom. The first-order valence-electron chi connectivity index (χ1n) is 15.6. The van der Waals surface area contributed by atoms with E-state index < -0.39 is 0 Å². The topological polar surface area (TPSA) is 63.3 Å². The van der Waals surface area contributed by atoms with Crippen LogP contribution in [-0.2, 0) is 0 Å². The van der Waals surface area contributed by atoms with Crippen molar-refractivity contribution in [3.8, 4) is 23.6 Å². The van der Waals surface area contributed by atoms with Gasteiger partial charge < -0.3 is 14.5 Å². The van der Waals surface area contributed by atoms with Crippen LogP contribution in [0.1, 0.15) is 11.1 Å². The van der Waals surface area contributed by atoms with Gasteiger partial charge in [-0.15, -0.1) is 0 Å². The lowest BCUT2D eigenvalue weighted by atomic mass is 9.88. The first kappa shape index (κ1) is 26.7. The van der Waals surface area contributed by atoms with Crippen molar-refractivity contribution in [2.45, 2.75) is 9.79 Å². The molecular weight excluding hydrogens is 609 g/mol. The molecule has 0 saturated carbocycles. The van der Waals surface area contributed by atoms with Crippen molar-refractivity contribution in [1.29, 1.82) is 10.5 Å². The third-order valence-electron chi connectivity index (χ3n) is 9.36. The van der Waals surface area contributed by atoms with Crippen LogP contribution in [0.15, 0.2) is 143 Å². The van der Waals surface area contributed by atoms with Crippen LogP contribution in [0, 0.1) is 22.7 Å². The van der Waals surface area contributed by atoms with Gasteiger partial charge in [0.2, 0.25) is 0 Å². The van der Waals surface area contributed by atoms with Gasteiger partial charge >= 0.3 is 0 Å². The van der Waals surface area contributed by atoms with E-state index in [-0.39, 0.29) is 0 Å². The molecule has 0 unspecified atom stereocenters. The second-order valence-electron chi connectivity index (χ2n) is 12.0. The number of fused-ring (bicyclic) bond motifs is 4. The van der Waals surface area contributed by atoms with Crippen LogP contribution in [0.4, 0.5) is 34.1 Å². The molecule has 0 atom stereocenters. The van der Waals surface area contributed by atoms with E-state index in [1.54, 1.807) is 11.8 Å². The van der Waals surface area contributed by atoms with Gasteiger partial charge in [0.1, 0.15) is 0 Å². The molecule has 48 heavy (non-hydrogen) atoms. The summed E-state index contributed by atoms with van der Waals surface area (Å²) in [5.41, 5.74) is 7.01. The molecule has 8 aromatic rings. The zero-order chi connectivity index (χ0) is 31.9. The van der Waals surface area contributed by atoms with E-state index in [1.807, 2.05) is 60.7 Å². The van der Waals surface area contributed by atoms with Crippen LogP contribution in [0.25, 0.3) is 32.3 Å². The summed E-state index contributed by atoms with van der Waals surface area (Å²) in [5, 5.41) is 26.7. The molecule has 0 saturated heterocycles. The molecule has 2 heterocycles. The highest BCUT2D eigenvalue weighted by Crippen LogP contribution is 2.54. The summed E-state index contributed by atoms with van der Waals surface area (Å²) in [6.45, 7) is 0.